The van der Waals surface area contributed by atoms with Crippen LogP contribution in [0.25, 0.3) is 0 Å². The van der Waals surface area contributed by atoms with Gasteiger partial charge in [-0.2, -0.15) is 0 Å². The molecule has 0 amide bonds. The summed E-state index contributed by atoms with van der Waals surface area (Å²) < 4.78 is 9.05. The summed E-state index contributed by atoms with van der Waals surface area (Å²) in [4.78, 5) is 0. The quantitative estimate of drug-likeness (QED) is 0.316. The molecule has 0 heterocycles. The fourth-order valence-electron chi connectivity index (χ4n) is 3.12. The summed E-state index contributed by atoms with van der Waals surface area (Å²) in [5.74, 6) is 0.552. The van der Waals surface area contributed by atoms with Crippen molar-refractivity contribution >= 4 is 11.9 Å². The van der Waals surface area contributed by atoms with Gasteiger partial charge in [-0.1, -0.05) is 68.3 Å². The average Bonchev–Trinajstić information content (AvgIpc) is 2.64. The number of ether oxygens (including phenoxy) is 1. The van der Waals surface area contributed by atoms with E-state index in [1.54, 1.807) is 7.11 Å². The van der Waals surface area contributed by atoms with E-state index in [0.29, 0.717) is 17.2 Å². The average molecular weight is 363 g/mol. The molecule has 0 bridgehead atoms. The van der Waals surface area contributed by atoms with Gasteiger partial charge in [-0.25, -0.2) is 0 Å². The van der Waals surface area contributed by atoms with E-state index < -0.39 is 0 Å². The SMILES string of the molecule is COC(CCCCNSC(C)C)NC1C=CC(C2C=CC=CC2)=CC1. The highest BCUT2D eigenvalue weighted by Gasteiger charge is 2.17. The van der Waals surface area contributed by atoms with Crippen LogP contribution in [0.15, 0.2) is 48.1 Å². The van der Waals surface area contributed by atoms with Gasteiger partial charge in [0.1, 0.15) is 6.23 Å². The van der Waals surface area contributed by atoms with Crippen LogP contribution in [0.3, 0.4) is 0 Å². The lowest BCUT2D eigenvalue weighted by atomic mass is 9.88. The van der Waals surface area contributed by atoms with Crippen LogP contribution in [0.4, 0.5) is 0 Å². The molecule has 0 aliphatic heterocycles. The van der Waals surface area contributed by atoms with Gasteiger partial charge in [-0.15, -0.1) is 0 Å². The van der Waals surface area contributed by atoms with Crippen molar-refractivity contribution in [1.29, 1.82) is 0 Å². The predicted molar refractivity (Wildman–Crippen MR) is 111 cm³/mol. The number of nitrogens with one attached hydrogen (secondary N) is 2. The number of allylic oxidation sites excluding steroid dienone is 6. The van der Waals surface area contributed by atoms with Crippen molar-refractivity contribution in [3.63, 3.8) is 0 Å². The molecule has 4 heteroatoms. The second kappa shape index (κ2) is 11.7. The van der Waals surface area contributed by atoms with E-state index in [1.165, 1.54) is 18.4 Å². The van der Waals surface area contributed by atoms with E-state index in [-0.39, 0.29) is 6.23 Å². The van der Waals surface area contributed by atoms with E-state index in [9.17, 15) is 0 Å². The number of hydrogen-bond acceptors (Lipinski definition) is 4. The van der Waals surface area contributed by atoms with Crippen LogP contribution in [-0.2, 0) is 4.74 Å². The van der Waals surface area contributed by atoms with Crippen molar-refractivity contribution in [2.75, 3.05) is 13.7 Å². The fraction of sp³-hybridized carbons (Fsp3) is 0.619. The summed E-state index contributed by atoms with van der Waals surface area (Å²) in [5.41, 5.74) is 1.45. The summed E-state index contributed by atoms with van der Waals surface area (Å²) in [5, 5.41) is 4.27. The summed E-state index contributed by atoms with van der Waals surface area (Å²) >= 11 is 1.81. The van der Waals surface area contributed by atoms with Crippen LogP contribution in [0.2, 0.25) is 0 Å². The minimum absolute atomic E-state index is 0.139. The molecule has 2 aliphatic rings. The fourth-order valence-corrected chi connectivity index (χ4v) is 3.72. The molecule has 0 aromatic carbocycles. The molecule has 0 saturated heterocycles. The van der Waals surface area contributed by atoms with Gasteiger partial charge in [0, 0.05) is 30.9 Å². The first-order valence-corrected chi connectivity index (χ1v) is 10.5. The molecule has 0 fully saturated rings. The minimum atomic E-state index is 0.139. The van der Waals surface area contributed by atoms with Crippen molar-refractivity contribution in [2.24, 2.45) is 5.92 Å². The van der Waals surface area contributed by atoms with Crippen LogP contribution < -0.4 is 10.0 Å². The zero-order valence-electron chi connectivity index (χ0n) is 15.9. The molecule has 3 atom stereocenters. The lowest BCUT2D eigenvalue weighted by molar-refractivity contribution is 0.0590. The van der Waals surface area contributed by atoms with Crippen molar-refractivity contribution in [2.45, 2.75) is 63.5 Å². The van der Waals surface area contributed by atoms with E-state index in [2.05, 4.69) is 66.4 Å². The summed E-state index contributed by atoms with van der Waals surface area (Å²) in [6.07, 6.45) is 21.5. The van der Waals surface area contributed by atoms with Gasteiger partial charge in [0.25, 0.3) is 0 Å². The molecule has 0 spiro atoms. The van der Waals surface area contributed by atoms with E-state index in [4.69, 9.17) is 4.74 Å². The van der Waals surface area contributed by atoms with Crippen LogP contribution in [0.1, 0.15) is 46.0 Å². The van der Waals surface area contributed by atoms with Crippen molar-refractivity contribution < 1.29 is 4.74 Å². The highest BCUT2D eigenvalue weighted by molar-refractivity contribution is 7.97. The molecule has 140 valence electrons. The van der Waals surface area contributed by atoms with Gasteiger partial charge in [0.2, 0.25) is 0 Å². The Hall–Kier alpha value is -0.810. The molecule has 0 radical (unpaired) electrons. The first-order chi connectivity index (χ1) is 12.2. The third kappa shape index (κ3) is 7.95. The van der Waals surface area contributed by atoms with Crippen LogP contribution in [0, 0.1) is 5.92 Å². The molecule has 0 saturated carbocycles. The second-order valence-electron chi connectivity index (χ2n) is 7.01. The highest BCUT2D eigenvalue weighted by atomic mass is 32.2. The van der Waals surface area contributed by atoms with Gasteiger partial charge >= 0.3 is 0 Å². The van der Waals surface area contributed by atoms with Gasteiger partial charge in [0.05, 0.1) is 0 Å². The third-order valence-corrected chi connectivity index (χ3v) is 5.38. The molecule has 0 aromatic rings. The zero-order valence-corrected chi connectivity index (χ0v) is 16.7. The molecule has 2 rings (SSSR count). The second-order valence-corrected chi connectivity index (χ2v) is 8.48. The number of hydrogen-bond donors (Lipinski definition) is 2. The maximum atomic E-state index is 5.63. The van der Waals surface area contributed by atoms with Crippen LogP contribution in [-0.4, -0.2) is 31.2 Å². The third-order valence-electron chi connectivity index (χ3n) is 4.54. The van der Waals surface area contributed by atoms with E-state index in [1.807, 2.05) is 11.9 Å². The highest BCUT2D eigenvalue weighted by Crippen LogP contribution is 2.25. The van der Waals surface area contributed by atoms with Crippen molar-refractivity contribution in [1.82, 2.24) is 10.0 Å². The molecular formula is C21H34N2OS. The Kier molecular flexibility index (Phi) is 9.63. The Morgan fingerprint density at radius 1 is 1.20 bits per heavy atom. The molecule has 3 unspecified atom stereocenters. The van der Waals surface area contributed by atoms with Gasteiger partial charge in [-0.3, -0.25) is 10.0 Å². The molecule has 25 heavy (non-hydrogen) atoms. The van der Waals surface area contributed by atoms with Crippen molar-refractivity contribution in [3.8, 4) is 0 Å². The number of unbranched alkanes of at least 4 members (excludes halogenated alkanes) is 1. The molecule has 0 aromatic heterocycles. The summed E-state index contributed by atoms with van der Waals surface area (Å²) in [6, 6.07) is 0.381. The Morgan fingerprint density at radius 2 is 2.08 bits per heavy atom. The molecule has 2 aliphatic carbocycles. The minimum Gasteiger partial charge on any atom is -0.367 e. The Morgan fingerprint density at radius 3 is 2.72 bits per heavy atom. The van der Waals surface area contributed by atoms with Crippen LogP contribution in [0.5, 0.6) is 0 Å². The lowest BCUT2D eigenvalue weighted by Crippen LogP contribution is -2.39. The predicted octanol–water partition coefficient (Wildman–Crippen LogP) is 4.75. The molecule has 2 N–H and O–H groups in total. The van der Waals surface area contributed by atoms with Crippen LogP contribution >= 0.6 is 11.9 Å². The zero-order chi connectivity index (χ0) is 17.9. The Balaban J connectivity index is 1.63. The normalized spacial score (nSPS) is 23.9. The monoisotopic (exact) mass is 362 g/mol. The topological polar surface area (TPSA) is 33.3 Å². The molecular weight excluding hydrogens is 328 g/mol. The number of rotatable bonds is 11. The van der Waals surface area contributed by atoms with Gasteiger partial charge in [-0.05, 0) is 37.7 Å². The summed E-state index contributed by atoms with van der Waals surface area (Å²) in [7, 11) is 1.80. The van der Waals surface area contributed by atoms with Crippen molar-refractivity contribution in [3.05, 3.63) is 48.1 Å². The lowest BCUT2D eigenvalue weighted by Gasteiger charge is -2.26. The first kappa shape index (κ1) is 20.5. The maximum Gasteiger partial charge on any atom is 0.108 e. The Labute approximate surface area is 158 Å². The largest absolute Gasteiger partial charge is 0.367 e. The Bertz CT molecular complexity index is 496. The standard InChI is InChI=1S/C21H34N2OS/c1-17(2)25-22-16-8-7-11-21(24-3)23-20-14-12-19(13-15-20)18-9-5-4-6-10-18/h4-6,9,12-14,17-18,20-23H,7-8,10-11,15-16H2,1-3H3. The van der Waals surface area contributed by atoms with Gasteiger partial charge < -0.3 is 4.74 Å². The summed E-state index contributed by atoms with van der Waals surface area (Å²) in [6.45, 7) is 5.49. The van der Waals surface area contributed by atoms with E-state index >= 15 is 0 Å². The van der Waals surface area contributed by atoms with Gasteiger partial charge in [0.15, 0.2) is 0 Å². The van der Waals surface area contributed by atoms with E-state index in [0.717, 1.165) is 25.8 Å². The maximum absolute atomic E-state index is 5.63. The number of methoxy groups -OCH3 is 1. The first-order valence-electron chi connectivity index (χ1n) is 9.58. The molecule has 3 nitrogen and oxygen atoms in total. The smallest absolute Gasteiger partial charge is 0.108 e.